The van der Waals surface area contributed by atoms with Gasteiger partial charge in [-0.15, -0.1) is 0 Å². The number of hydrogen-bond acceptors (Lipinski definition) is 3. The molecule has 1 aromatic rings. The van der Waals surface area contributed by atoms with Gasteiger partial charge in [-0.2, -0.15) is 0 Å². The topological polar surface area (TPSA) is 54.4 Å². The van der Waals surface area contributed by atoms with Crippen molar-refractivity contribution in [2.75, 3.05) is 0 Å². The normalized spacial score (nSPS) is 10.2. The van der Waals surface area contributed by atoms with Gasteiger partial charge >= 0.3 is 0 Å². The van der Waals surface area contributed by atoms with E-state index in [-0.39, 0.29) is 11.3 Å². The van der Waals surface area contributed by atoms with Gasteiger partial charge in [0.25, 0.3) is 0 Å². The first kappa shape index (κ1) is 9.19. The monoisotopic (exact) mass is 176 g/mol. The molecule has 0 saturated heterocycles. The molecular formula is C10H8O3. The van der Waals surface area contributed by atoms with Gasteiger partial charge in [0.1, 0.15) is 12.0 Å². The highest BCUT2D eigenvalue weighted by molar-refractivity contribution is 5.81. The molecule has 0 saturated carbocycles. The Balaban J connectivity index is 3.02. The number of phenolic OH excluding ortho intramolecular Hbond substituents is 1. The zero-order valence-electron chi connectivity index (χ0n) is 6.81. The standard InChI is InChI=1S/C10H8O3/c11-5-1-2-8-3-4-9(7-12)10(13)6-8/h1-7,13H. The van der Waals surface area contributed by atoms with Crippen molar-refractivity contribution in [3.05, 3.63) is 35.4 Å². The molecule has 0 fully saturated rings. The minimum absolute atomic E-state index is 0.0805. The molecule has 0 heterocycles. The van der Waals surface area contributed by atoms with Crippen LogP contribution in [-0.2, 0) is 4.79 Å². The van der Waals surface area contributed by atoms with Crippen molar-refractivity contribution in [2.45, 2.75) is 0 Å². The summed E-state index contributed by atoms with van der Waals surface area (Å²) in [6, 6.07) is 4.56. The fourth-order valence-electron chi connectivity index (χ4n) is 0.914. The highest BCUT2D eigenvalue weighted by atomic mass is 16.3. The summed E-state index contributed by atoms with van der Waals surface area (Å²) in [4.78, 5) is 20.3. The molecule has 1 aromatic carbocycles. The van der Waals surface area contributed by atoms with Crippen LogP contribution in [0.4, 0.5) is 0 Å². The van der Waals surface area contributed by atoms with Gasteiger partial charge in [-0.3, -0.25) is 9.59 Å². The molecule has 13 heavy (non-hydrogen) atoms. The molecule has 0 aromatic heterocycles. The Morgan fingerprint density at radius 2 is 2.00 bits per heavy atom. The van der Waals surface area contributed by atoms with Gasteiger partial charge in [0.05, 0.1) is 5.56 Å². The van der Waals surface area contributed by atoms with Crippen LogP contribution in [0.3, 0.4) is 0 Å². The Bertz CT molecular complexity index is 353. The lowest BCUT2D eigenvalue weighted by Gasteiger charge is -1.97. The molecule has 3 nitrogen and oxygen atoms in total. The highest BCUT2D eigenvalue weighted by Gasteiger charge is 1.98. The van der Waals surface area contributed by atoms with Gasteiger partial charge in [0.2, 0.25) is 0 Å². The van der Waals surface area contributed by atoms with Crippen LogP contribution in [-0.4, -0.2) is 17.7 Å². The third-order valence-corrected chi connectivity index (χ3v) is 1.55. The SMILES string of the molecule is O=CC=Cc1ccc(C=O)c(O)c1. The molecule has 0 atom stereocenters. The minimum Gasteiger partial charge on any atom is -0.507 e. The molecule has 0 aliphatic heterocycles. The van der Waals surface area contributed by atoms with Gasteiger partial charge in [0, 0.05) is 0 Å². The van der Waals surface area contributed by atoms with Gasteiger partial charge < -0.3 is 5.11 Å². The first-order chi connectivity index (χ1) is 6.27. The summed E-state index contributed by atoms with van der Waals surface area (Å²) in [5, 5.41) is 9.24. The third kappa shape index (κ3) is 2.27. The Morgan fingerprint density at radius 1 is 1.23 bits per heavy atom. The Hall–Kier alpha value is -1.90. The van der Waals surface area contributed by atoms with E-state index < -0.39 is 0 Å². The maximum absolute atomic E-state index is 10.3. The average molecular weight is 176 g/mol. The second-order valence-corrected chi connectivity index (χ2v) is 2.43. The molecule has 0 unspecified atom stereocenters. The maximum atomic E-state index is 10.3. The van der Waals surface area contributed by atoms with Gasteiger partial charge in [0.15, 0.2) is 6.29 Å². The lowest BCUT2D eigenvalue weighted by Crippen LogP contribution is -1.81. The zero-order valence-corrected chi connectivity index (χ0v) is 6.81. The summed E-state index contributed by atoms with van der Waals surface area (Å²) >= 11 is 0. The predicted octanol–water partition coefficient (Wildman–Crippen LogP) is 1.42. The van der Waals surface area contributed by atoms with Gasteiger partial charge in [-0.25, -0.2) is 0 Å². The van der Waals surface area contributed by atoms with E-state index in [9.17, 15) is 14.7 Å². The smallest absolute Gasteiger partial charge is 0.153 e. The van der Waals surface area contributed by atoms with Crippen LogP contribution in [0, 0.1) is 0 Å². The van der Waals surface area contributed by atoms with Crippen LogP contribution in [0.5, 0.6) is 5.75 Å². The van der Waals surface area contributed by atoms with Crippen LogP contribution in [0.25, 0.3) is 6.08 Å². The van der Waals surface area contributed by atoms with E-state index in [4.69, 9.17) is 0 Å². The number of aromatic hydroxyl groups is 1. The van der Waals surface area contributed by atoms with E-state index in [1.165, 1.54) is 18.2 Å². The summed E-state index contributed by atoms with van der Waals surface area (Å²) in [6.07, 6.45) is 4.07. The molecule has 3 heteroatoms. The molecule has 0 spiro atoms. The fourth-order valence-corrected chi connectivity index (χ4v) is 0.914. The third-order valence-electron chi connectivity index (χ3n) is 1.55. The molecule has 66 valence electrons. The number of rotatable bonds is 3. The van der Waals surface area contributed by atoms with Crippen LogP contribution in [0.15, 0.2) is 24.3 Å². The first-order valence-corrected chi connectivity index (χ1v) is 3.68. The molecule has 1 N–H and O–H groups in total. The van der Waals surface area contributed by atoms with Crippen LogP contribution >= 0.6 is 0 Å². The average Bonchev–Trinajstić information content (AvgIpc) is 2.15. The van der Waals surface area contributed by atoms with E-state index in [1.807, 2.05) is 0 Å². The van der Waals surface area contributed by atoms with Crippen molar-refractivity contribution in [3.8, 4) is 5.75 Å². The van der Waals surface area contributed by atoms with Crippen LogP contribution < -0.4 is 0 Å². The number of carbonyl (C=O) groups is 2. The molecule has 0 amide bonds. The van der Waals surface area contributed by atoms with E-state index in [0.717, 1.165) is 0 Å². The number of aldehydes is 2. The van der Waals surface area contributed by atoms with Crippen molar-refractivity contribution < 1.29 is 14.7 Å². The molecule has 1 rings (SSSR count). The van der Waals surface area contributed by atoms with Crippen LogP contribution in [0.1, 0.15) is 15.9 Å². The maximum Gasteiger partial charge on any atom is 0.153 e. The van der Waals surface area contributed by atoms with E-state index >= 15 is 0 Å². The summed E-state index contributed by atoms with van der Waals surface area (Å²) in [6.45, 7) is 0. The predicted molar refractivity (Wildman–Crippen MR) is 48.6 cm³/mol. The second-order valence-electron chi connectivity index (χ2n) is 2.43. The largest absolute Gasteiger partial charge is 0.507 e. The Labute approximate surface area is 75.3 Å². The number of benzene rings is 1. The lowest BCUT2D eigenvalue weighted by atomic mass is 10.1. The van der Waals surface area contributed by atoms with Gasteiger partial charge in [-0.1, -0.05) is 12.1 Å². The summed E-state index contributed by atoms with van der Waals surface area (Å²) < 4.78 is 0. The Morgan fingerprint density at radius 3 is 2.54 bits per heavy atom. The summed E-state index contributed by atoms with van der Waals surface area (Å²) in [7, 11) is 0. The van der Waals surface area contributed by atoms with Crippen molar-refractivity contribution in [1.82, 2.24) is 0 Å². The van der Waals surface area contributed by atoms with Crippen LogP contribution in [0.2, 0.25) is 0 Å². The molecule has 0 aliphatic rings. The van der Waals surface area contributed by atoms with E-state index in [2.05, 4.69) is 0 Å². The highest BCUT2D eigenvalue weighted by Crippen LogP contribution is 2.17. The van der Waals surface area contributed by atoms with E-state index in [1.54, 1.807) is 12.1 Å². The summed E-state index contributed by atoms with van der Waals surface area (Å²) in [5.41, 5.74) is 0.915. The Kier molecular flexibility index (Phi) is 2.97. The van der Waals surface area contributed by atoms with Crippen molar-refractivity contribution in [2.24, 2.45) is 0 Å². The van der Waals surface area contributed by atoms with Crippen molar-refractivity contribution in [1.29, 1.82) is 0 Å². The summed E-state index contributed by atoms with van der Waals surface area (Å²) in [5.74, 6) is -0.0805. The number of hydrogen-bond donors (Lipinski definition) is 1. The quantitative estimate of drug-likeness (QED) is 0.559. The number of carbonyl (C=O) groups excluding carboxylic acids is 2. The van der Waals surface area contributed by atoms with Gasteiger partial charge in [-0.05, 0) is 23.8 Å². The number of phenols is 1. The molecule has 0 bridgehead atoms. The second kappa shape index (κ2) is 4.21. The first-order valence-electron chi connectivity index (χ1n) is 3.68. The number of allylic oxidation sites excluding steroid dienone is 1. The van der Waals surface area contributed by atoms with Crippen molar-refractivity contribution >= 4 is 18.6 Å². The minimum atomic E-state index is -0.0805. The molecular weight excluding hydrogens is 168 g/mol. The fraction of sp³-hybridized carbons (Fsp3) is 0. The molecule has 0 radical (unpaired) electrons. The van der Waals surface area contributed by atoms with E-state index in [0.29, 0.717) is 18.1 Å². The molecule has 0 aliphatic carbocycles. The zero-order chi connectivity index (χ0) is 9.68. The lowest BCUT2D eigenvalue weighted by molar-refractivity contribution is -0.104. The van der Waals surface area contributed by atoms with Crippen molar-refractivity contribution in [3.63, 3.8) is 0 Å².